The molecule has 0 saturated carbocycles. The van der Waals surface area contributed by atoms with Crippen molar-refractivity contribution in [3.63, 3.8) is 0 Å². The van der Waals surface area contributed by atoms with Gasteiger partial charge in [-0.15, -0.1) is 5.10 Å². The zero-order valence-corrected chi connectivity index (χ0v) is 6.75. The summed E-state index contributed by atoms with van der Waals surface area (Å²) in [5.41, 5.74) is 6.76. The molecule has 0 saturated heterocycles. The zero-order valence-electron chi connectivity index (χ0n) is 6.75. The fourth-order valence-corrected chi connectivity index (χ4v) is 0.955. The van der Waals surface area contributed by atoms with Crippen LogP contribution < -0.4 is 5.73 Å². The number of nitrogen functional groups attached to an aromatic ring is 1. The third-order valence-corrected chi connectivity index (χ3v) is 1.50. The Hall–Kier alpha value is -2.04. The maximum absolute atomic E-state index is 5.38. The smallest absolute Gasteiger partial charge is 0.240 e. The highest BCUT2D eigenvalue weighted by molar-refractivity contribution is 5.52. The second kappa shape index (κ2) is 3.14. The number of aromatic nitrogens is 4. The second-order valence-electron chi connectivity index (χ2n) is 2.41. The van der Waals surface area contributed by atoms with Gasteiger partial charge in [0.1, 0.15) is 5.69 Å². The maximum Gasteiger partial charge on any atom is 0.240 e. The van der Waals surface area contributed by atoms with Crippen molar-refractivity contribution in [2.24, 2.45) is 0 Å². The highest BCUT2D eigenvalue weighted by atomic mass is 15.2. The van der Waals surface area contributed by atoms with Crippen molar-refractivity contribution in [3.05, 3.63) is 30.6 Å². The molecule has 5 nitrogen and oxygen atoms in total. The van der Waals surface area contributed by atoms with Crippen LogP contribution in [0.2, 0.25) is 0 Å². The lowest BCUT2D eigenvalue weighted by molar-refractivity contribution is 0.986. The summed E-state index contributed by atoms with van der Waals surface area (Å²) in [6.45, 7) is 0. The molecule has 0 amide bonds. The van der Waals surface area contributed by atoms with Crippen LogP contribution in [-0.2, 0) is 0 Å². The molecule has 2 aromatic rings. The third kappa shape index (κ3) is 1.58. The molecule has 2 aromatic heterocycles. The van der Waals surface area contributed by atoms with Crippen LogP contribution in [0.4, 0.5) is 5.95 Å². The van der Waals surface area contributed by atoms with Gasteiger partial charge in [0.25, 0.3) is 0 Å². The van der Waals surface area contributed by atoms with Crippen molar-refractivity contribution in [3.8, 4) is 11.4 Å². The Labute approximate surface area is 74.7 Å². The molecule has 0 aliphatic rings. The molecule has 0 atom stereocenters. The van der Waals surface area contributed by atoms with Crippen LogP contribution >= 0.6 is 0 Å². The summed E-state index contributed by atoms with van der Waals surface area (Å²) in [7, 11) is 0. The first-order valence-electron chi connectivity index (χ1n) is 3.73. The maximum atomic E-state index is 5.38. The van der Waals surface area contributed by atoms with Gasteiger partial charge in [-0.1, -0.05) is 6.07 Å². The van der Waals surface area contributed by atoms with Gasteiger partial charge in [-0.3, -0.25) is 4.98 Å². The monoisotopic (exact) mass is 173 g/mol. The van der Waals surface area contributed by atoms with Crippen molar-refractivity contribution in [1.82, 2.24) is 20.2 Å². The molecule has 0 aliphatic heterocycles. The van der Waals surface area contributed by atoms with Gasteiger partial charge in [-0.2, -0.15) is 5.10 Å². The minimum Gasteiger partial charge on any atom is -0.366 e. The number of hydrogen-bond donors (Lipinski definition) is 1. The summed E-state index contributed by atoms with van der Waals surface area (Å²) in [4.78, 5) is 8.09. The van der Waals surface area contributed by atoms with E-state index in [0.717, 1.165) is 5.69 Å². The predicted molar refractivity (Wildman–Crippen MR) is 47.5 cm³/mol. The minimum atomic E-state index is 0.156. The van der Waals surface area contributed by atoms with Gasteiger partial charge in [0.2, 0.25) is 5.95 Å². The molecule has 2 N–H and O–H groups in total. The molecule has 0 unspecified atom stereocenters. The molecule has 13 heavy (non-hydrogen) atoms. The van der Waals surface area contributed by atoms with Crippen molar-refractivity contribution in [2.75, 3.05) is 5.73 Å². The normalized spacial score (nSPS) is 9.85. The first-order chi connectivity index (χ1) is 6.36. The van der Waals surface area contributed by atoms with Gasteiger partial charge in [0, 0.05) is 6.20 Å². The molecule has 0 radical (unpaired) electrons. The standard InChI is InChI=1S/C8H7N5/c9-8-12-7(5-11-13-8)6-3-1-2-4-10-6/h1-5H,(H2,9,12,13). The van der Waals surface area contributed by atoms with E-state index in [2.05, 4.69) is 20.2 Å². The fraction of sp³-hybridized carbons (Fsp3) is 0. The largest absolute Gasteiger partial charge is 0.366 e. The van der Waals surface area contributed by atoms with Crippen LogP contribution in [0.3, 0.4) is 0 Å². The molecule has 2 rings (SSSR count). The van der Waals surface area contributed by atoms with Crippen LogP contribution in [0.25, 0.3) is 11.4 Å². The molecule has 0 spiro atoms. The summed E-state index contributed by atoms with van der Waals surface area (Å²) < 4.78 is 0. The lowest BCUT2D eigenvalue weighted by Crippen LogP contribution is -1.98. The number of hydrogen-bond acceptors (Lipinski definition) is 5. The number of nitrogens with two attached hydrogens (primary N) is 1. The Bertz CT molecular complexity index is 400. The summed E-state index contributed by atoms with van der Waals surface area (Å²) >= 11 is 0. The average molecular weight is 173 g/mol. The lowest BCUT2D eigenvalue weighted by atomic mass is 10.3. The molecule has 0 aromatic carbocycles. The molecule has 64 valence electrons. The summed E-state index contributed by atoms with van der Waals surface area (Å²) in [6, 6.07) is 5.55. The molecule has 0 aliphatic carbocycles. The lowest BCUT2D eigenvalue weighted by Gasteiger charge is -1.97. The van der Waals surface area contributed by atoms with E-state index in [0.29, 0.717) is 5.69 Å². The SMILES string of the molecule is Nc1nncc(-c2ccccn2)n1. The Morgan fingerprint density at radius 1 is 1.15 bits per heavy atom. The fourth-order valence-electron chi connectivity index (χ4n) is 0.955. The van der Waals surface area contributed by atoms with Crippen molar-refractivity contribution in [2.45, 2.75) is 0 Å². The van der Waals surface area contributed by atoms with Crippen LogP contribution in [0.5, 0.6) is 0 Å². The van der Waals surface area contributed by atoms with Crippen LogP contribution in [0.1, 0.15) is 0 Å². The quantitative estimate of drug-likeness (QED) is 0.680. The van der Waals surface area contributed by atoms with Gasteiger partial charge in [0.15, 0.2) is 0 Å². The number of rotatable bonds is 1. The van der Waals surface area contributed by atoms with Gasteiger partial charge >= 0.3 is 0 Å². The number of anilines is 1. The van der Waals surface area contributed by atoms with Crippen LogP contribution in [0.15, 0.2) is 30.6 Å². The van der Waals surface area contributed by atoms with E-state index < -0.39 is 0 Å². The first kappa shape index (κ1) is 7.60. The molecular weight excluding hydrogens is 166 g/mol. The average Bonchev–Trinajstić information content (AvgIpc) is 2.19. The number of pyridine rings is 1. The van der Waals surface area contributed by atoms with Gasteiger partial charge in [-0.05, 0) is 12.1 Å². The summed E-state index contributed by atoms with van der Waals surface area (Å²) in [5.74, 6) is 0.156. The highest BCUT2D eigenvalue weighted by Crippen LogP contribution is 2.11. The second-order valence-corrected chi connectivity index (χ2v) is 2.41. The van der Waals surface area contributed by atoms with Gasteiger partial charge < -0.3 is 5.73 Å². The van der Waals surface area contributed by atoms with E-state index >= 15 is 0 Å². The topological polar surface area (TPSA) is 77.6 Å². The van der Waals surface area contributed by atoms with Crippen molar-refractivity contribution in [1.29, 1.82) is 0 Å². The van der Waals surface area contributed by atoms with E-state index in [-0.39, 0.29) is 5.95 Å². The molecule has 5 heteroatoms. The van der Waals surface area contributed by atoms with E-state index in [1.165, 1.54) is 6.20 Å². The van der Waals surface area contributed by atoms with E-state index in [4.69, 9.17) is 5.73 Å². The summed E-state index contributed by atoms with van der Waals surface area (Å²) in [5, 5.41) is 7.24. The molecule has 2 heterocycles. The minimum absolute atomic E-state index is 0.156. The first-order valence-corrected chi connectivity index (χ1v) is 3.73. The molecule has 0 fully saturated rings. The zero-order chi connectivity index (χ0) is 9.10. The van der Waals surface area contributed by atoms with Crippen molar-refractivity contribution >= 4 is 5.95 Å². The van der Waals surface area contributed by atoms with Crippen LogP contribution in [0, 0.1) is 0 Å². The van der Waals surface area contributed by atoms with Gasteiger partial charge in [-0.25, -0.2) is 4.98 Å². The molecular formula is C8H7N5. The predicted octanol–water partition coefficient (Wildman–Crippen LogP) is 0.516. The van der Waals surface area contributed by atoms with Crippen molar-refractivity contribution < 1.29 is 0 Å². The third-order valence-electron chi connectivity index (χ3n) is 1.50. The Balaban J connectivity index is 2.48. The summed E-state index contributed by atoms with van der Waals surface area (Å²) in [6.07, 6.45) is 3.21. The van der Waals surface area contributed by atoms with E-state index in [1.54, 1.807) is 6.20 Å². The Kier molecular flexibility index (Phi) is 1.84. The Morgan fingerprint density at radius 3 is 2.77 bits per heavy atom. The van der Waals surface area contributed by atoms with E-state index in [9.17, 15) is 0 Å². The van der Waals surface area contributed by atoms with Crippen LogP contribution in [-0.4, -0.2) is 20.2 Å². The molecule has 0 bridgehead atoms. The highest BCUT2D eigenvalue weighted by Gasteiger charge is 2.00. The van der Waals surface area contributed by atoms with E-state index in [1.807, 2.05) is 18.2 Å². The Morgan fingerprint density at radius 2 is 2.08 bits per heavy atom. The number of nitrogens with zero attached hydrogens (tertiary/aromatic N) is 4. The van der Waals surface area contributed by atoms with Gasteiger partial charge in [0.05, 0.1) is 11.9 Å².